The lowest BCUT2D eigenvalue weighted by Crippen LogP contribution is -2.27. The SMILES string of the molecule is CC1CCCN1c1cc(N)c(F)cc1F. The molecule has 1 unspecified atom stereocenters. The molecule has 2 N–H and O–H groups in total. The van der Waals surface area contributed by atoms with Gasteiger partial charge in [-0.2, -0.15) is 0 Å². The molecule has 1 aromatic carbocycles. The first-order valence-corrected chi connectivity index (χ1v) is 5.10. The highest BCUT2D eigenvalue weighted by molar-refractivity contribution is 5.58. The molecule has 1 aliphatic rings. The molecule has 1 saturated heterocycles. The third-order valence-electron chi connectivity index (χ3n) is 2.93. The van der Waals surface area contributed by atoms with E-state index < -0.39 is 11.6 Å². The van der Waals surface area contributed by atoms with E-state index in [1.54, 1.807) is 0 Å². The highest BCUT2D eigenvalue weighted by atomic mass is 19.1. The van der Waals surface area contributed by atoms with Gasteiger partial charge in [0.25, 0.3) is 0 Å². The smallest absolute Gasteiger partial charge is 0.149 e. The molecule has 1 aliphatic heterocycles. The lowest BCUT2D eigenvalue weighted by atomic mass is 10.2. The van der Waals surface area contributed by atoms with Crippen LogP contribution < -0.4 is 10.6 Å². The molecule has 0 aromatic heterocycles. The highest BCUT2D eigenvalue weighted by Gasteiger charge is 2.23. The number of nitrogens with two attached hydrogens (primary N) is 1. The molecule has 15 heavy (non-hydrogen) atoms. The average molecular weight is 212 g/mol. The van der Waals surface area contributed by atoms with Gasteiger partial charge in [-0.1, -0.05) is 0 Å². The maximum atomic E-state index is 13.5. The summed E-state index contributed by atoms with van der Waals surface area (Å²) in [7, 11) is 0. The van der Waals surface area contributed by atoms with Gasteiger partial charge >= 0.3 is 0 Å². The molecule has 0 radical (unpaired) electrons. The minimum Gasteiger partial charge on any atom is -0.396 e. The van der Waals surface area contributed by atoms with E-state index in [9.17, 15) is 8.78 Å². The molecule has 0 spiro atoms. The summed E-state index contributed by atoms with van der Waals surface area (Å²) in [4.78, 5) is 1.94. The van der Waals surface area contributed by atoms with Gasteiger partial charge in [0.05, 0.1) is 11.4 Å². The summed E-state index contributed by atoms with van der Waals surface area (Å²) in [5.74, 6) is -1.22. The van der Waals surface area contributed by atoms with Crippen molar-refractivity contribution >= 4 is 11.4 Å². The predicted molar refractivity (Wildman–Crippen MR) is 56.8 cm³/mol. The van der Waals surface area contributed by atoms with Crippen molar-refractivity contribution in [1.82, 2.24) is 0 Å². The Kier molecular flexibility index (Phi) is 2.50. The zero-order valence-corrected chi connectivity index (χ0v) is 8.63. The van der Waals surface area contributed by atoms with Crippen LogP contribution in [-0.4, -0.2) is 12.6 Å². The van der Waals surface area contributed by atoms with Gasteiger partial charge < -0.3 is 10.6 Å². The summed E-state index contributed by atoms with van der Waals surface area (Å²) in [5.41, 5.74) is 5.85. The minimum absolute atomic E-state index is 0.00509. The van der Waals surface area contributed by atoms with Gasteiger partial charge in [-0.3, -0.25) is 0 Å². The monoisotopic (exact) mass is 212 g/mol. The quantitative estimate of drug-likeness (QED) is 0.725. The first kappa shape index (κ1) is 10.2. The predicted octanol–water partition coefficient (Wildman–Crippen LogP) is 2.54. The number of hydrogen-bond acceptors (Lipinski definition) is 2. The lowest BCUT2D eigenvalue weighted by molar-refractivity contribution is 0.579. The Morgan fingerprint density at radius 1 is 1.33 bits per heavy atom. The van der Waals surface area contributed by atoms with Crippen LogP contribution in [0.2, 0.25) is 0 Å². The zero-order chi connectivity index (χ0) is 11.0. The number of benzene rings is 1. The summed E-state index contributed by atoms with van der Waals surface area (Å²) in [6, 6.07) is 2.53. The van der Waals surface area contributed by atoms with E-state index >= 15 is 0 Å². The molecule has 4 heteroatoms. The fraction of sp³-hybridized carbons (Fsp3) is 0.455. The van der Waals surface area contributed by atoms with Crippen LogP contribution in [-0.2, 0) is 0 Å². The number of nitrogen functional groups attached to an aromatic ring is 1. The van der Waals surface area contributed by atoms with E-state index in [0.717, 1.165) is 25.5 Å². The van der Waals surface area contributed by atoms with Crippen LogP contribution in [0.5, 0.6) is 0 Å². The van der Waals surface area contributed by atoms with Crippen LogP contribution >= 0.6 is 0 Å². The van der Waals surface area contributed by atoms with Gasteiger partial charge in [-0.05, 0) is 25.8 Å². The fourth-order valence-electron chi connectivity index (χ4n) is 2.06. The second-order valence-corrected chi connectivity index (χ2v) is 4.01. The van der Waals surface area contributed by atoms with E-state index in [4.69, 9.17) is 5.73 Å². The van der Waals surface area contributed by atoms with Crippen molar-refractivity contribution in [3.8, 4) is 0 Å². The zero-order valence-electron chi connectivity index (χ0n) is 8.63. The van der Waals surface area contributed by atoms with Gasteiger partial charge in [0.15, 0.2) is 0 Å². The van der Waals surface area contributed by atoms with E-state index in [1.165, 1.54) is 6.07 Å². The van der Waals surface area contributed by atoms with Crippen molar-refractivity contribution < 1.29 is 8.78 Å². The molecule has 0 bridgehead atoms. The topological polar surface area (TPSA) is 29.3 Å². The second kappa shape index (κ2) is 3.68. The molecule has 1 fully saturated rings. The third kappa shape index (κ3) is 1.76. The van der Waals surface area contributed by atoms with Crippen molar-refractivity contribution in [3.05, 3.63) is 23.8 Å². The lowest BCUT2D eigenvalue weighted by Gasteiger charge is -2.24. The first-order valence-electron chi connectivity index (χ1n) is 5.10. The van der Waals surface area contributed by atoms with Crippen molar-refractivity contribution in [3.63, 3.8) is 0 Å². The van der Waals surface area contributed by atoms with Gasteiger partial charge in [-0.15, -0.1) is 0 Å². The van der Waals surface area contributed by atoms with Gasteiger partial charge in [-0.25, -0.2) is 8.78 Å². The number of nitrogens with zero attached hydrogens (tertiary/aromatic N) is 1. The molecule has 0 aliphatic carbocycles. The molecule has 0 amide bonds. The van der Waals surface area contributed by atoms with Crippen LogP contribution in [0.25, 0.3) is 0 Å². The Bertz CT molecular complexity index is 379. The van der Waals surface area contributed by atoms with E-state index in [1.807, 2.05) is 11.8 Å². The molecular weight excluding hydrogens is 198 g/mol. The van der Waals surface area contributed by atoms with E-state index in [0.29, 0.717) is 11.7 Å². The average Bonchev–Trinajstić information content (AvgIpc) is 2.58. The van der Waals surface area contributed by atoms with Gasteiger partial charge in [0.2, 0.25) is 0 Å². The summed E-state index contributed by atoms with van der Waals surface area (Å²) < 4.78 is 26.5. The highest BCUT2D eigenvalue weighted by Crippen LogP contribution is 2.30. The summed E-state index contributed by atoms with van der Waals surface area (Å²) in [5, 5.41) is 0. The summed E-state index contributed by atoms with van der Waals surface area (Å²) in [6.07, 6.45) is 2.08. The van der Waals surface area contributed by atoms with Crippen LogP contribution in [0.3, 0.4) is 0 Å². The first-order chi connectivity index (χ1) is 7.09. The van der Waals surface area contributed by atoms with Crippen molar-refractivity contribution in [2.45, 2.75) is 25.8 Å². The third-order valence-corrected chi connectivity index (χ3v) is 2.93. The van der Waals surface area contributed by atoms with Crippen molar-refractivity contribution in [2.24, 2.45) is 0 Å². The van der Waals surface area contributed by atoms with Crippen LogP contribution in [0.4, 0.5) is 20.2 Å². The Hall–Kier alpha value is -1.32. The maximum Gasteiger partial charge on any atom is 0.149 e. The Balaban J connectivity index is 2.39. The van der Waals surface area contributed by atoms with Gasteiger partial charge in [0, 0.05) is 18.7 Å². The van der Waals surface area contributed by atoms with Crippen molar-refractivity contribution in [2.75, 3.05) is 17.2 Å². The fourth-order valence-corrected chi connectivity index (χ4v) is 2.06. The summed E-state index contributed by atoms with van der Waals surface area (Å²) >= 11 is 0. The summed E-state index contributed by atoms with van der Waals surface area (Å²) in [6.45, 7) is 2.84. The van der Waals surface area contributed by atoms with Crippen LogP contribution in [0.1, 0.15) is 19.8 Å². The van der Waals surface area contributed by atoms with E-state index in [2.05, 4.69) is 0 Å². The molecule has 2 rings (SSSR count). The second-order valence-electron chi connectivity index (χ2n) is 4.01. The van der Waals surface area contributed by atoms with Gasteiger partial charge in [0.1, 0.15) is 11.6 Å². The Morgan fingerprint density at radius 3 is 2.67 bits per heavy atom. The standard InChI is InChI=1S/C11H14F2N2/c1-7-3-2-4-15(7)11-6-10(14)8(12)5-9(11)13/h5-7H,2-4,14H2,1H3. The molecule has 1 heterocycles. The van der Waals surface area contributed by atoms with E-state index in [-0.39, 0.29) is 5.69 Å². The number of halogens is 2. The largest absolute Gasteiger partial charge is 0.396 e. The Morgan fingerprint density at radius 2 is 2.07 bits per heavy atom. The molecule has 1 atom stereocenters. The number of rotatable bonds is 1. The minimum atomic E-state index is -0.692. The number of hydrogen-bond donors (Lipinski definition) is 1. The maximum absolute atomic E-state index is 13.5. The molecular formula is C11H14F2N2. The Labute approximate surface area is 87.7 Å². The number of anilines is 2. The molecule has 1 aromatic rings. The van der Waals surface area contributed by atoms with Crippen molar-refractivity contribution in [1.29, 1.82) is 0 Å². The molecule has 2 nitrogen and oxygen atoms in total. The van der Waals surface area contributed by atoms with Crippen LogP contribution in [0.15, 0.2) is 12.1 Å². The normalized spacial score (nSPS) is 21.0. The van der Waals surface area contributed by atoms with Crippen LogP contribution in [0, 0.1) is 11.6 Å². The molecule has 82 valence electrons. The molecule has 0 saturated carbocycles.